The van der Waals surface area contributed by atoms with E-state index in [0.29, 0.717) is 11.0 Å². The maximum absolute atomic E-state index is 10.5. The number of hydrogen-bond acceptors (Lipinski definition) is 7. The third-order valence-corrected chi connectivity index (χ3v) is 4.02. The largest absolute Gasteiger partial charge is 0.394 e. The minimum atomic E-state index is -1.61. The fourth-order valence-corrected chi connectivity index (χ4v) is 2.83. The molecule has 2 aromatic heterocycles. The summed E-state index contributed by atoms with van der Waals surface area (Å²) in [6, 6.07) is 1.66. The van der Waals surface area contributed by atoms with Crippen molar-refractivity contribution < 1.29 is 20.1 Å². The number of halogens is 1. The molecule has 0 radical (unpaired) electrons. The van der Waals surface area contributed by atoms with Crippen LogP contribution in [0.5, 0.6) is 0 Å². The predicted octanol–water partition coefficient (Wildman–Crippen LogP) is -0.332. The summed E-state index contributed by atoms with van der Waals surface area (Å²) >= 11 is 6.00. The maximum atomic E-state index is 10.5. The molecule has 21 heavy (non-hydrogen) atoms. The van der Waals surface area contributed by atoms with Gasteiger partial charge in [0, 0.05) is 6.20 Å². The number of rotatable bonds is 2. The van der Waals surface area contributed by atoms with Crippen molar-refractivity contribution in [3.63, 3.8) is 0 Å². The molecular weight excluding hydrogens is 300 g/mol. The highest BCUT2D eigenvalue weighted by Crippen LogP contribution is 2.40. The number of nitrogen functional groups attached to an aromatic ring is 1. The number of nitrogens with two attached hydrogens (primary N) is 1. The Morgan fingerprint density at radius 2 is 2.24 bits per heavy atom. The lowest BCUT2D eigenvalue weighted by Gasteiger charge is -2.27. The van der Waals surface area contributed by atoms with Crippen LogP contribution in [0.2, 0.25) is 5.15 Å². The molecule has 5 N–H and O–H groups in total. The first-order chi connectivity index (χ1) is 9.86. The third kappa shape index (κ3) is 2.07. The van der Waals surface area contributed by atoms with Crippen molar-refractivity contribution >= 4 is 28.6 Å². The van der Waals surface area contributed by atoms with Gasteiger partial charge in [-0.2, -0.15) is 4.98 Å². The first kappa shape index (κ1) is 14.5. The summed E-state index contributed by atoms with van der Waals surface area (Å²) in [5.74, 6) is -0.00986. The molecular formula is C12H15ClN4O4. The number of ether oxygens (including phenoxy) is 1. The van der Waals surface area contributed by atoms with Crippen LogP contribution in [-0.4, -0.2) is 54.3 Å². The van der Waals surface area contributed by atoms with Gasteiger partial charge in [0.05, 0.1) is 12.0 Å². The average Bonchev–Trinajstić information content (AvgIpc) is 2.91. The van der Waals surface area contributed by atoms with Crippen LogP contribution in [-0.2, 0) is 4.74 Å². The van der Waals surface area contributed by atoms with Gasteiger partial charge >= 0.3 is 0 Å². The van der Waals surface area contributed by atoms with Crippen LogP contribution in [0.1, 0.15) is 13.2 Å². The van der Waals surface area contributed by atoms with Crippen molar-refractivity contribution in [2.24, 2.45) is 0 Å². The Kier molecular flexibility index (Phi) is 3.30. The Morgan fingerprint density at radius 3 is 2.86 bits per heavy atom. The molecule has 1 aliphatic rings. The second-order valence-corrected chi connectivity index (χ2v) is 5.57. The van der Waals surface area contributed by atoms with Crippen LogP contribution in [0.4, 0.5) is 5.95 Å². The topological polar surface area (TPSA) is 127 Å². The lowest BCUT2D eigenvalue weighted by molar-refractivity contribution is -0.0948. The van der Waals surface area contributed by atoms with E-state index in [-0.39, 0.29) is 11.1 Å². The number of anilines is 1. The Bertz CT molecular complexity index is 689. The summed E-state index contributed by atoms with van der Waals surface area (Å²) in [4.78, 5) is 7.94. The first-order valence-corrected chi connectivity index (χ1v) is 6.70. The van der Waals surface area contributed by atoms with Crippen LogP contribution < -0.4 is 5.73 Å². The van der Waals surface area contributed by atoms with Gasteiger partial charge in [-0.1, -0.05) is 11.6 Å². The summed E-state index contributed by atoms with van der Waals surface area (Å²) in [6.45, 7) is 1.01. The van der Waals surface area contributed by atoms with Crippen molar-refractivity contribution in [1.29, 1.82) is 0 Å². The molecule has 2 aromatic rings. The van der Waals surface area contributed by atoms with E-state index in [1.165, 1.54) is 11.5 Å². The molecule has 0 amide bonds. The highest BCUT2D eigenvalue weighted by Gasteiger charge is 2.53. The molecule has 114 valence electrons. The fourth-order valence-electron chi connectivity index (χ4n) is 2.59. The molecule has 8 nitrogen and oxygen atoms in total. The number of fused-ring (bicyclic) bond motifs is 1. The Hall–Kier alpha value is -1.45. The molecule has 3 rings (SSSR count). The van der Waals surface area contributed by atoms with Crippen LogP contribution >= 0.6 is 11.6 Å². The van der Waals surface area contributed by atoms with Gasteiger partial charge in [0.25, 0.3) is 0 Å². The highest BCUT2D eigenvalue weighted by molar-refractivity contribution is 6.34. The highest BCUT2D eigenvalue weighted by atomic mass is 35.5. The quantitative estimate of drug-likeness (QED) is 0.559. The molecule has 3 heterocycles. The summed E-state index contributed by atoms with van der Waals surface area (Å²) < 4.78 is 7.05. The summed E-state index contributed by atoms with van der Waals surface area (Å²) in [6.07, 6.45) is -1.46. The van der Waals surface area contributed by atoms with Gasteiger partial charge in [-0.15, -0.1) is 0 Å². The van der Waals surface area contributed by atoms with Crippen molar-refractivity contribution in [1.82, 2.24) is 14.5 Å². The fraction of sp³-hybridized carbons (Fsp3) is 0.500. The molecule has 0 aliphatic carbocycles. The van der Waals surface area contributed by atoms with Gasteiger partial charge < -0.3 is 30.4 Å². The SMILES string of the molecule is CC1(O)C(O)C(CO)OC1n1ccc2c(Cl)nc(N)nc21. The minimum Gasteiger partial charge on any atom is -0.394 e. The number of aromatic nitrogens is 3. The van der Waals surface area contributed by atoms with Crippen LogP contribution in [0.3, 0.4) is 0 Å². The van der Waals surface area contributed by atoms with Gasteiger partial charge in [0.2, 0.25) is 5.95 Å². The molecule has 1 saturated heterocycles. The maximum Gasteiger partial charge on any atom is 0.223 e. The summed E-state index contributed by atoms with van der Waals surface area (Å²) in [5, 5.41) is 30.5. The zero-order valence-electron chi connectivity index (χ0n) is 11.1. The van der Waals surface area contributed by atoms with Gasteiger partial charge in [-0.3, -0.25) is 0 Å². The van der Waals surface area contributed by atoms with Crippen molar-refractivity contribution in [2.75, 3.05) is 12.3 Å². The van der Waals surface area contributed by atoms with Crippen LogP contribution in [0.15, 0.2) is 12.3 Å². The molecule has 4 unspecified atom stereocenters. The van der Waals surface area contributed by atoms with E-state index >= 15 is 0 Å². The smallest absolute Gasteiger partial charge is 0.223 e. The Labute approximate surface area is 124 Å². The van der Waals surface area contributed by atoms with Crippen molar-refractivity contribution in [2.45, 2.75) is 31.0 Å². The summed E-state index contributed by atoms with van der Waals surface area (Å²) in [5.41, 5.74) is 4.36. The van der Waals surface area contributed by atoms with E-state index in [1.54, 1.807) is 12.3 Å². The van der Waals surface area contributed by atoms with E-state index in [0.717, 1.165) is 0 Å². The van der Waals surface area contributed by atoms with E-state index in [4.69, 9.17) is 22.1 Å². The molecule has 1 aliphatic heterocycles. The van der Waals surface area contributed by atoms with Crippen LogP contribution in [0, 0.1) is 0 Å². The standard InChI is InChI=1S/C12H15ClN4O4/c1-12(20)7(19)6(4-18)21-10(12)17-3-2-5-8(13)15-11(14)16-9(5)17/h2-3,6-7,10,18-20H,4H2,1H3,(H2,14,15,16). The van der Waals surface area contributed by atoms with E-state index in [2.05, 4.69) is 9.97 Å². The number of aliphatic hydroxyl groups is 3. The Morgan fingerprint density at radius 1 is 1.52 bits per heavy atom. The predicted molar refractivity (Wildman–Crippen MR) is 74.6 cm³/mol. The van der Waals surface area contributed by atoms with E-state index in [9.17, 15) is 15.3 Å². The monoisotopic (exact) mass is 314 g/mol. The molecule has 4 atom stereocenters. The second-order valence-electron chi connectivity index (χ2n) is 5.21. The molecule has 9 heteroatoms. The number of nitrogens with zero attached hydrogens (tertiary/aromatic N) is 3. The average molecular weight is 315 g/mol. The number of aliphatic hydroxyl groups excluding tert-OH is 2. The van der Waals surface area contributed by atoms with Gasteiger partial charge in [-0.05, 0) is 13.0 Å². The lowest BCUT2D eigenvalue weighted by Crippen LogP contribution is -2.44. The zero-order valence-corrected chi connectivity index (χ0v) is 11.9. The van der Waals surface area contributed by atoms with Crippen LogP contribution in [0.25, 0.3) is 11.0 Å². The minimum absolute atomic E-state index is 0.00986. The first-order valence-electron chi connectivity index (χ1n) is 6.32. The molecule has 0 spiro atoms. The van der Waals surface area contributed by atoms with E-state index < -0.39 is 30.6 Å². The van der Waals surface area contributed by atoms with Gasteiger partial charge in [-0.25, -0.2) is 4.98 Å². The molecule has 0 saturated carbocycles. The van der Waals surface area contributed by atoms with Crippen molar-refractivity contribution in [3.05, 3.63) is 17.4 Å². The molecule has 0 aromatic carbocycles. The Balaban J connectivity index is 2.13. The zero-order chi connectivity index (χ0) is 15.4. The van der Waals surface area contributed by atoms with E-state index in [1.807, 2.05) is 0 Å². The van der Waals surface area contributed by atoms with Crippen molar-refractivity contribution in [3.8, 4) is 0 Å². The van der Waals surface area contributed by atoms with Gasteiger partial charge in [0.15, 0.2) is 6.23 Å². The normalized spacial score (nSPS) is 32.9. The second kappa shape index (κ2) is 4.79. The summed E-state index contributed by atoms with van der Waals surface area (Å²) in [7, 11) is 0. The number of hydrogen-bond donors (Lipinski definition) is 4. The lowest BCUT2D eigenvalue weighted by atomic mass is 9.96. The molecule has 0 bridgehead atoms. The molecule has 1 fully saturated rings. The van der Waals surface area contributed by atoms with Gasteiger partial charge in [0.1, 0.15) is 28.6 Å². The third-order valence-electron chi connectivity index (χ3n) is 3.73.